The van der Waals surface area contributed by atoms with Crippen molar-refractivity contribution in [2.45, 2.75) is 18.8 Å². The molecule has 0 amide bonds. The molecule has 0 bridgehead atoms. The molecule has 4 heteroatoms. The van der Waals surface area contributed by atoms with Crippen molar-refractivity contribution in [3.63, 3.8) is 0 Å². The van der Waals surface area contributed by atoms with Crippen molar-refractivity contribution in [2.75, 3.05) is 0 Å². The first kappa shape index (κ1) is 13.5. The number of nitriles is 1. The predicted molar refractivity (Wildman–Crippen MR) is 72.3 cm³/mol. The van der Waals surface area contributed by atoms with Crippen LogP contribution in [0.25, 0.3) is 0 Å². The van der Waals surface area contributed by atoms with Gasteiger partial charge in [-0.05, 0) is 43.2 Å². The van der Waals surface area contributed by atoms with Crippen molar-refractivity contribution in [1.82, 2.24) is 4.98 Å². The number of hydrogen-bond acceptors (Lipinski definition) is 2. The van der Waals surface area contributed by atoms with Crippen LogP contribution >= 0.6 is 11.6 Å². The molecule has 0 saturated heterocycles. The van der Waals surface area contributed by atoms with E-state index in [1.807, 2.05) is 12.1 Å². The summed E-state index contributed by atoms with van der Waals surface area (Å²) in [7, 11) is 0. The normalized spacial score (nSPS) is 13.6. The summed E-state index contributed by atoms with van der Waals surface area (Å²) in [5.41, 5.74) is 0.361. The van der Waals surface area contributed by atoms with E-state index in [2.05, 4.69) is 11.1 Å². The number of aromatic nitrogens is 1. The highest BCUT2D eigenvalue weighted by molar-refractivity contribution is 6.30. The molecule has 0 fully saturated rings. The molecule has 2 aromatic rings. The highest BCUT2D eigenvalue weighted by Gasteiger charge is 2.30. The number of benzene rings is 1. The molecule has 0 aliphatic rings. The average Bonchev–Trinajstić information content (AvgIpc) is 2.39. The van der Waals surface area contributed by atoms with Crippen molar-refractivity contribution in [2.24, 2.45) is 0 Å². The van der Waals surface area contributed by atoms with Gasteiger partial charge in [0.2, 0.25) is 0 Å². The number of nitrogens with zero attached hydrogens (tertiary/aromatic N) is 2. The van der Waals surface area contributed by atoms with Gasteiger partial charge in [-0.1, -0.05) is 17.7 Å². The van der Waals surface area contributed by atoms with Crippen LogP contribution in [0.2, 0.25) is 5.02 Å². The number of hydrogen-bond donors (Lipinski definition) is 0. The maximum absolute atomic E-state index is 14.0. The van der Waals surface area contributed by atoms with E-state index >= 15 is 0 Å². The summed E-state index contributed by atoms with van der Waals surface area (Å²) in [4.78, 5) is 3.93. The first-order chi connectivity index (χ1) is 9.05. The standard InChI is InChI=1S/C15H12ClFN2/c1-15(10-18,9-11-4-6-19-7-5-11)13-3-2-12(16)8-14(13)17/h2-8H,9H2,1H3. The van der Waals surface area contributed by atoms with E-state index in [9.17, 15) is 9.65 Å². The molecule has 1 aromatic heterocycles. The van der Waals surface area contributed by atoms with Crippen LogP contribution in [0.1, 0.15) is 18.1 Å². The van der Waals surface area contributed by atoms with Gasteiger partial charge in [-0.3, -0.25) is 4.98 Å². The molecule has 0 aliphatic heterocycles. The van der Waals surface area contributed by atoms with Gasteiger partial charge in [-0.25, -0.2) is 4.39 Å². The zero-order valence-electron chi connectivity index (χ0n) is 10.4. The number of rotatable bonds is 3. The fourth-order valence-corrected chi connectivity index (χ4v) is 2.20. The van der Waals surface area contributed by atoms with Gasteiger partial charge in [0.25, 0.3) is 0 Å². The minimum absolute atomic E-state index is 0.324. The Bertz CT molecular complexity index is 622. The minimum atomic E-state index is -0.934. The van der Waals surface area contributed by atoms with Crippen LogP contribution in [0, 0.1) is 17.1 Å². The molecular weight excluding hydrogens is 263 g/mol. The van der Waals surface area contributed by atoms with Gasteiger partial charge < -0.3 is 0 Å². The third-order valence-electron chi connectivity index (χ3n) is 3.08. The van der Waals surface area contributed by atoms with Gasteiger partial charge in [0.1, 0.15) is 5.82 Å². The molecule has 0 radical (unpaired) electrons. The molecule has 1 atom stereocenters. The predicted octanol–water partition coefficient (Wildman–Crippen LogP) is 3.90. The third-order valence-corrected chi connectivity index (χ3v) is 3.31. The second-order valence-electron chi connectivity index (χ2n) is 4.60. The van der Waals surface area contributed by atoms with Crippen molar-refractivity contribution in [1.29, 1.82) is 5.26 Å². The van der Waals surface area contributed by atoms with Crippen molar-refractivity contribution in [3.8, 4) is 6.07 Å². The Hall–Kier alpha value is -1.92. The lowest BCUT2D eigenvalue weighted by Crippen LogP contribution is -2.24. The Balaban J connectivity index is 2.40. The molecule has 0 N–H and O–H groups in total. The van der Waals surface area contributed by atoms with E-state index in [1.54, 1.807) is 31.5 Å². The Morgan fingerprint density at radius 3 is 2.58 bits per heavy atom. The lowest BCUT2D eigenvalue weighted by molar-refractivity contribution is 0.534. The summed E-state index contributed by atoms with van der Waals surface area (Å²) >= 11 is 5.74. The zero-order valence-corrected chi connectivity index (χ0v) is 11.2. The van der Waals surface area contributed by atoms with E-state index in [1.165, 1.54) is 6.07 Å². The topological polar surface area (TPSA) is 36.7 Å². The third kappa shape index (κ3) is 2.91. The summed E-state index contributed by atoms with van der Waals surface area (Å²) in [6, 6.07) is 10.3. The number of halogens is 2. The Morgan fingerprint density at radius 2 is 2.00 bits per heavy atom. The largest absolute Gasteiger partial charge is 0.265 e. The van der Waals surface area contributed by atoms with Gasteiger partial charge in [0.15, 0.2) is 0 Å². The van der Waals surface area contributed by atoms with E-state index < -0.39 is 11.2 Å². The lowest BCUT2D eigenvalue weighted by atomic mass is 9.78. The first-order valence-electron chi connectivity index (χ1n) is 5.81. The fraction of sp³-hybridized carbons (Fsp3) is 0.200. The summed E-state index contributed by atoms with van der Waals surface area (Å²) in [5, 5.41) is 9.75. The second-order valence-corrected chi connectivity index (χ2v) is 5.04. The molecule has 1 heterocycles. The summed E-state index contributed by atoms with van der Waals surface area (Å²) in [6.45, 7) is 1.72. The molecule has 1 unspecified atom stereocenters. The highest BCUT2D eigenvalue weighted by atomic mass is 35.5. The molecular formula is C15H12ClFN2. The maximum atomic E-state index is 14.0. The summed E-state index contributed by atoms with van der Waals surface area (Å²) < 4.78 is 14.0. The Labute approximate surface area is 116 Å². The average molecular weight is 275 g/mol. The molecule has 19 heavy (non-hydrogen) atoms. The Kier molecular flexibility index (Phi) is 3.82. The molecule has 0 saturated carbocycles. The van der Waals surface area contributed by atoms with Crippen LogP contribution in [-0.2, 0) is 11.8 Å². The molecule has 2 nitrogen and oxygen atoms in total. The van der Waals surface area contributed by atoms with E-state index in [0.717, 1.165) is 5.56 Å². The van der Waals surface area contributed by atoms with Gasteiger partial charge in [0.05, 0.1) is 11.5 Å². The van der Waals surface area contributed by atoms with E-state index in [-0.39, 0.29) is 0 Å². The minimum Gasteiger partial charge on any atom is -0.265 e. The molecule has 96 valence electrons. The van der Waals surface area contributed by atoms with Crippen molar-refractivity contribution in [3.05, 3.63) is 64.7 Å². The van der Waals surface area contributed by atoms with Gasteiger partial charge >= 0.3 is 0 Å². The fourth-order valence-electron chi connectivity index (χ4n) is 2.04. The van der Waals surface area contributed by atoms with Gasteiger partial charge in [-0.15, -0.1) is 0 Å². The maximum Gasteiger partial charge on any atom is 0.129 e. The monoisotopic (exact) mass is 274 g/mol. The first-order valence-corrected chi connectivity index (χ1v) is 6.19. The van der Waals surface area contributed by atoms with Crippen LogP contribution in [-0.4, -0.2) is 4.98 Å². The smallest absolute Gasteiger partial charge is 0.129 e. The van der Waals surface area contributed by atoms with Gasteiger partial charge in [0, 0.05) is 23.0 Å². The Morgan fingerprint density at radius 1 is 1.32 bits per heavy atom. The van der Waals surface area contributed by atoms with E-state index in [4.69, 9.17) is 11.6 Å². The molecule has 0 spiro atoms. The van der Waals surface area contributed by atoms with Crippen molar-refractivity contribution < 1.29 is 4.39 Å². The SMILES string of the molecule is CC(C#N)(Cc1ccncc1)c1ccc(Cl)cc1F. The molecule has 1 aromatic carbocycles. The summed E-state index contributed by atoms with van der Waals surface area (Å²) in [6.07, 6.45) is 3.74. The molecule has 2 rings (SSSR count). The zero-order chi connectivity index (χ0) is 13.9. The van der Waals surface area contributed by atoms with Crippen LogP contribution in [0.3, 0.4) is 0 Å². The van der Waals surface area contributed by atoms with Gasteiger partial charge in [-0.2, -0.15) is 5.26 Å². The van der Waals surface area contributed by atoms with Crippen LogP contribution in [0.4, 0.5) is 4.39 Å². The number of pyridine rings is 1. The molecule has 0 aliphatic carbocycles. The van der Waals surface area contributed by atoms with Crippen LogP contribution < -0.4 is 0 Å². The van der Waals surface area contributed by atoms with Crippen LogP contribution in [0.5, 0.6) is 0 Å². The highest BCUT2D eigenvalue weighted by Crippen LogP contribution is 2.30. The lowest BCUT2D eigenvalue weighted by Gasteiger charge is -2.22. The quantitative estimate of drug-likeness (QED) is 0.851. The van der Waals surface area contributed by atoms with Crippen LogP contribution in [0.15, 0.2) is 42.7 Å². The summed E-state index contributed by atoms with van der Waals surface area (Å²) in [5.74, 6) is -0.453. The second kappa shape index (κ2) is 5.38. The van der Waals surface area contributed by atoms with Crippen molar-refractivity contribution >= 4 is 11.6 Å². The van der Waals surface area contributed by atoms with E-state index in [0.29, 0.717) is 17.0 Å².